The molecule has 0 bridgehead atoms. The maximum absolute atomic E-state index is 14.6. The number of aromatic nitrogens is 1. The summed E-state index contributed by atoms with van der Waals surface area (Å²) in [6.07, 6.45) is -0.457. The van der Waals surface area contributed by atoms with Crippen molar-refractivity contribution in [3.63, 3.8) is 0 Å². The van der Waals surface area contributed by atoms with Gasteiger partial charge in [-0.1, -0.05) is 104 Å². The Balaban J connectivity index is 1.69. The first-order valence-electron chi connectivity index (χ1n) is 17.9. The number of oxime groups is 1. The minimum absolute atomic E-state index is 0.0873. The number of rotatable bonds is 11. The highest BCUT2D eigenvalue weighted by Gasteiger charge is 2.35. The number of fused-ring (bicyclic) bond motifs is 5. The van der Waals surface area contributed by atoms with Gasteiger partial charge in [0.15, 0.2) is 5.78 Å². The zero-order valence-electron chi connectivity index (χ0n) is 30.4. The highest BCUT2D eigenvalue weighted by Crippen LogP contribution is 2.40. The van der Waals surface area contributed by atoms with Gasteiger partial charge in [-0.25, -0.2) is 4.79 Å². The van der Waals surface area contributed by atoms with Crippen LogP contribution in [0.1, 0.15) is 95.8 Å². The third-order valence-corrected chi connectivity index (χ3v) is 10.0. The Morgan fingerprint density at radius 2 is 1.48 bits per heavy atom. The van der Waals surface area contributed by atoms with Crippen molar-refractivity contribution in [1.82, 2.24) is 4.57 Å². The predicted octanol–water partition coefficient (Wildman–Crippen LogP) is 11.7. The summed E-state index contributed by atoms with van der Waals surface area (Å²) in [6.45, 7) is 12.2. The number of ketones is 1. The number of aryl methyl sites for hydroxylation is 3. The highest BCUT2D eigenvalue weighted by atomic mass is 19.4. The molecule has 1 heterocycles. The van der Waals surface area contributed by atoms with Crippen LogP contribution in [0.4, 0.5) is 13.2 Å². The van der Waals surface area contributed by atoms with Crippen LogP contribution < -0.4 is 0 Å². The van der Waals surface area contributed by atoms with Gasteiger partial charge in [-0.2, -0.15) is 13.2 Å². The van der Waals surface area contributed by atoms with Crippen LogP contribution in [-0.4, -0.2) is 22.0 Å². The minimum Gasteiger partial charge on any atom is -0.340 e. The van der Waals surface area contributed by atoms with E-state index in [2.05, 4.69) is 23.6 Å². The quantitative estimate of drug-likeness (QED) is 0.0584. The van der Waals surface area contributed by atoms with Gasteiger partial charge < -0.3 is 9.40 Å². The topological polar surface area (TPSA) is 60.7 Å². The van der Waals surface area contributed by atoms with Gasteiger partial charge in [0.05, 0.1) is 11.1 Å². The lowest BCUT2D eigenvalue weighted by Gasteiger charge is -2.19. The number of hydrogen-bond acceptors (Lipinski definition) is 4. The molecule has 1 unspecified atom stereocenters. The van der Waals surface area contributed by atoms with Gasteiger partial charge in [0.1, 0.15) is 5.71 Å². The molecule has 6 aromatic rings. The Morgan fingerprint density at radius 3 is 2.13 bits per heavy atom. The van der Waals surface area contributed by atoms with Gasteiger partial charge in [0.2, 0.25) is 0 Å². The molecule has 0 saturated heterocycles. The van der Waals surface area contributed by atoms with Crippen molar-refractivity contribution in [2.24, 2.45) is 11.1 Å². The molecule has 8 heteroatoms. The van der Waals surface area contributed by atoms with Crippen molar-refractivity contribution < 1.29 is 27.6 Å². The molecule has 0 saturated carbocycles. The Bertz CT molecular complexity index is 2340. The van der Waals surface area contributed by atoms with E-state index in [0.29, 0.717) is 22.6 Å². The molecular weight excluding hydrogens is 661 g/mol. The average molecular weight is 705 g/mol. The van der Waals surface area contributed by atoms with Gasteiger partial charge >= 0.3 is 12.1 Å². The van der Waals surface area contributed by atoms with Crippen molar-refractivity contribution in [2.75, 3.05) is 0 Å². The maximum Gasteiger partial charge on any atom is 0.417 e. The summed E-state index contributed by atoms with van der Waals surface area (Å²) in [4.78, 5) is 31.5. The van der Waals surface area contributed by atoms with Crippen LogP contribution in [0.25, 0.3) is 32.6 Å². The first-order valence-corrected chi connectivity index (χ1v) is 17.9. The van der Waals surface area contributed by atoms with E-state index in [4.69, 9.17) is 4.84 Å². The fourth-order valence-corrected chi connectivity index (χ4v) is 7.64. The van der Waals surface area contributed by atoms with Crippen LogP contribution in [0, 0.1) is 26.7 Å². The molecule has 0 spiro atoms. The fourth-order valence-electron chi connectivity index (χ4n) is 7.64. The van der Waals surface area contributed by atoms with Gasteiger partial charge in [0.25, 0.3) is 0 Å². The number of nitrogens with zero attached hydrogens (tertiary/aromatic N) is 2. The molecule has 0 aliphatic carbocycles. The van der Waals surface area contributed by atoms with Crippen LogP contribution >= 0.6 is 0 Å². The average Bonchev–Trinajstić information content (AvgIpc) is 3.41. The minimum atomic E-state index is -4.68. The molecule has 0 N–H and O–H groups in total. The van der Waals surface area contributed by atoms with E-state index >= 15 is 0 Å². The van der Waals surface area contributed by atoms with E-state index in [1.54, 1.807) is 6.07 Å². The second-order valence-corrected chi connectivity index (χ2v) is 13.8. The van der Waals surface area contributed by atoms with Crippen LogP contribution in [-0.2, 0) is 22.4 Å². The lowest BCUT2D eigenvalue weighted by Crippen LogP contribution is -2.15. The number of halogens is 3. The molecule has 1 aromatic heterocycles. The highest BCUT2D eigenvalue weighted by molar-refractivity contribution is 6.27. The van der Waals surface area contributed by atoms with E-state index in [-0.39, 0.29) is 17.1 Å². The van der Waals surface area contributed by atoms with E-state index in [0.717, 1.165) is 94.5 Å². The Hall–Kier alpha value is -5.24. The Morgan fingerprint density at radius 1 is 0.808 bits per heavy atom. The summed E-state index contributed by atoms with van der Waals surface area (Å²) in [7, 11) is 0. The number of hydrogen-bond donors (Lipinski definition) is 0. The standard InChI is InChI=1S/C44H43F3N2O3/c1-7-9-14-30(8-2)25-49-39-20-19-31(41(48-52-29(6)50)34-17-12-13-18-38(34)44(45,46)47)23-35(39)36-24-37(32-15-10-11-16-33(32)42(36)49)43(51)40-27(4)21-26(3)22-28(40)5/h10-13,15-24,30H,7-9,14,25H2,1-6H3/b48-41+. The van der Waals surface area contributed by atoms with Gasteiger partial charge in [-0.3, -0.25) is 4.79 Å². The van der Waals surface area contributed by atoms with Gasteiger partial charge in [-0.15, -0.1) is 0 Å². The predicted molar refractivity (Wildman–Crippen MR) is 203 cm³/mol. The molecule has 5 nitrogen and oxygen atoms in total. The van der Waals surface area contributed by atoms with E-state index in [1.165, 1.54) is 18.2 Å². The zero-order chi connectivity index (χ0) is 37.3. The van der Waals surface area contributed by atoms with Crippen LogP contribution in [0.2, 0.25) is 0 Å². The fraction of sp³-hybridized carbons (Fsp3) is 0.295. The molecule has 1 atom stereocenters. The largest absolute Gasteiger partial charge is 0.417 e. The van der Waals surface area contributed by atoms with E-state index < -0.39 is 17.7 Å². The third kappa shape index (κ3) is 6.99. The van der Waals surface area contributed by atoms with Crippen molar-refractivity contribution in [3.8, 4) is 0 Å². The zero-order valence-corrected chi connectivity index (χ0v) is 30.4. The van der Waals surface area contributed by atoms with Crippen molar-refractivity contribution in [2.45, 2.75) is 79.9 Å². The third-order valence-electron chi connectivity index (χ3n) is 10.0. The molecule has 0 fully saturated rings. The van der Waals surface area contributed by atoms with Crippen molar-refractivity contribution in [1.29, 1.82) is 0 Å². The number of alkyl halides is 3. The van der Waals surface area contributed by atoms with E-state index in [9.17, 15) is 22.8 Å². The molecule has 0 aliphatic heterocycles. The molecule has 0 radical (unpaired) electrons. The number of unbranched alkanes of at least 4 members (excludes halogenated alkanes) is 1. The Kier molecular flexibility index (Phi) is 10.4. The van der Waals surface area contributed by atoms with Crippen LogP contribution in [0.15, 0.2) is 90.1 Å². The summed E-state index contributed by atoms with van der Waals surface area (Å²) in [5.74, 6) is -0.458. The molecule has 6 rings (SSSR count). The molecule has 0 aliphatic rings. The first-order chi connectivity index (χ1) is 24.8. The van der Waals surface area contributed by atoms with E-state index in [1.807, 2.05) is 75.4 Å². The summed E-state index contributed by atoms with van der Waals surface area (Å²) < 4.78 is 45.3. The van der Waals surface area contributed by atoms with Gasteiger partial charge in [0, 0.05) is 57.4 Å². The summed E-state index contributed by atoms with van der Waals surface area (Å²) in [5.41, 5.74) is 5.04. The van der Waals surface area contributed by atoms with Crippen molar-refractivity contribution in [3.05, 3.63) is 129 Å². The molecule has 0 amide bonds. The number of carbonyl (C=O) groups is 2. The van der Waals surface area contributed by atoms with Crippen LogP contribution in [0.5, 0.6) is 0 Å². The summed E-state index contributed by atoms with van der Waals surface area (Å²) >= 11 is 0. The number of carbonyl (C=O) groups excluding carboxylic acids is 2. The second kappa shape index (κ2) is 14.8. The van der Waals surface area contributed by atoms with Crippen LogP contribution in [0.3, 0.4) is 0 Å². The normalized spacial score (nSPS) is 12.9. The lowest BCUT2D eigenvalue weighted by molar-refractivity contribution is -0.140. The first kappa shape index (κ1) is 36.5. The SMILES string of the molecule is CCCCC(CC)Cn1c2ccc(/C(=N\OC(C)=O)c3ccccc3C(F)(F)F)cc2c2cc(C(=O)c3c(C)cc(C)cc3C)c3ccccc3c21. The summed E-state index contributed by atoms with van der Waals surface area (Å²) in [6, 6.07) is 24.5. The second-order valence-electron chi connectivity index (χ2n) is 13.8. The number of benzene rings is 5. The monoisotopic (exact) mass is 704 g/mol. The molecule has 52 heavy (non-hydrogen) atoms. The summed E-state index contributed by atoms with van der Waals surface area (Å²) in [5, 5.41) is 7.32. The maximum atomic E-state index is 14.6. The smallest absolute Gasteiger partial charge is 0.340 e. The molecular formula is C44H43F3N2O3. The molecule has 5 aromatic carbocycles. The van der Waals surface area contributed by atoms with Gasteiger partial charge in [-0.05, 0) is 73.9 Å². The Labute approximate surface area is 302 Å². The molecule has 268 valence electrons. The van der Waals surface area contributed by atoms with Crippen molar-refractivity contribution >= 4 is 50.0 Å². The lowest BCUT2D eigenvalue weighted by atomic mass is 9.89.